The molecule has 0 heterocycles. The molecular weight excluding hydrogens is 340 g/mol. The highest BCUT2D eigenvalue weighted by Crippen LogP contribution is 2.61. The first-order valence-corrected chi connectivity index (χ1v) is 9.99. The number of hydrogen-bond donors (Lipinski definition) is 3. The Balaban J connectivity index is 1.60. The van der Waals surface area contributed by atoms with Crippen LogP contribution in [-0.4, -0.2) is 37.0 Å². The first-order valence-electron chi connectivity index (χ1n) is 9.99. The number of nitrogens with two attached hydrogens (primary N) is 1. The standard InChI is InChI=1S/C21H30N4O2/c1-25(2)24-20(27)18(23-19(26)16-3-5-17(22)6-4-16)21-10-13-7-14(11-21)9-15(8-13)12-21/h3-6,13-15,18H,7-12,22H2,1-2H3,(H,23,26)(H,24,27)/t13?,14?,15?,18-,21?/m1/s1. The highest BCUT2D eigenvalue weighted by Gasteiger charge is 2.56. The Morgan fingerprint density at radius 3 is 2.04 bits per heavy atom. The number of nitrogens with zero attached hydrogens (tertiary/aromatic N) is 1. The van der Waals surface area contributed by atoms with E-state index < -0.39 is 6.04 Å². The maximum Gasteiger partial charge on any atom is 0.257 e. The maximum atomic E-state index is 13.1. The molecule has 0 radical (unpaired) electrons. The molecule has 0 aromatic heterocycles. The fraction of sp³-hybridized carbons (Fsp3) is 0.619. The second-order valence-electron chi connectivity index (χ2n) is 9.18. The van der Waals surface area contributed by atoms with Crippen molar-refractivity contribution in [1.29, 1.82) is 0 Å². The van der Waals surface area contributed by atoms with Crippen LogP contribution in [0.2, 0.25) is 0 Å². The van der Waals surface area contributed by atoms with Crippen LogP contribution in [0, 0.1) is 23.2 Å². The zero-order chi connectivity index (χ0) is 19.2. The van der Waals surface area contributed by atoms with Crippen molar-refractivity contribution in [2.75, 3.05) is 19.8 Å². The van der Waals surface area contributed by atoms with Gasteiger partial charge in [-0.2, -0.15) is 0 Å². The predicted molar refractivity (Wildman–Crippen MR) is 105 cm³/mol. The van der Waals surface area contributed by atoms with Gasteiger partial charge in [-0.1, -0.05) is 0 Å². The lowest BCUT2D eigenvalue weighted by molar-refractivity contribution is -0.138. The van der Waals surface area contributed by atoms with E-state index in [4.69, 9.17) is 5.73 Å². The van der Waals surface area contributed by atoms with Crippen molar-refractivity contribution in [3.05, 3.63) is 29.8 Å². The summed E-state index contributed by atoms with van der Waals surface area (Å²) < 4.78 is 0. The van der Waals surface area contributed by atoms with Gasteiger partial charge >= 0.3 is 0 Å². The molecule has 0 unspecified atom stereocenters. The molecule has 6 nitrogen and oxygen atoms in total. The Morgan fingerprint density at radius 2 is 1.56 bits per heavy atom. The van der Waals surface area contributed by atoms with Crippen LogP contribution in [0.4, 0.5) is 5.69 Å². The molecule has 4 aliphatic carbocycles. The molecule has 4 aliphatic rings. The summed E-state index contributed by atoms with van der Waals surface area (Å²) in [7, 11) is 3.60. The summed E-state index contributed by atoms with van der Waals surface area (Å²) in [6.45, 7) is 0. The topological polar surface area (TPSA) is 87.5 Å². The molecule has 4 fully saturated rings. The molecule has 0 aliphatic heterocycles. The molecule has 1 aromatic carbocycles. The van der Waals surface area contributed by atoms with Crippen LogP contribution < -0.4 is 16.5 Å². The smallest absolute Gasteiger partial charge is 0.257 e. The Kier molecular flexibility index (Phi) is 4.62. The number of carbonyl (C=O) groups excluding carboxylic acids is 2. The van der Waals surface area contributed by atoms with Crippen molar-refractivity contribution < 1.29 is 9.59 Å². The van der Waals surface area contributed by atoms with Crippen LogP contribution in [0.25, 0.3) is 0 Å². The van der Waals surface area contributed by atoms with Crippen LogP contribution in [0.1, 0.15) is 48.9 Å². The van der Waals surface area contributed by atoms with Crippen LogP contribution >= 0.6 is 0 Å². The second kappa shape index (κ2) is 6.82. The minimum atomic E-state index is -0.502. The Hall–Kier alpha value is -2.08. The zero-order valence-electron chi connectivity index (χ0n) is 16.2. The van der Waals surface area contributed by atoms with Gasteiger partial charge in [0.15, 0.2) is 0 Å². The number of hydrazine groups is 1. The third-order valence-electron chi connectivity index (χ3n) is 6.74. The van der Waals surface area contributed by atoms with E-state index in [1.54, 1.807) is 43.4 Å². The molecule has 5 rings (SSSR count). The van der Waals surface area contributed by atoms with Gasteiger partial charge in [-0.15, -0.1) is 0 Å². The van der Waals surface area contributed by atoms with Gasteiger partial charge in [0.25, 0.3) is 11.8 Å². The Bertz CT molecular complexity index is 693. The second-order valence-corrected chi connectivity index (χ2v) is 9.18. The van der Waals surface area contributed by atoms with Crippen LogP contribution in [0.15, 0.2) is 24.3 Å². The first kappa shape index (κ1) is 18.3. The molecule has 146 valence electrons. The number of nitrogen functional groups attached to an aromatic ring is 1. The van der Waals surface area contributed by atoms with Gasteiger partial charge in [0, 0.05) is 30.8 Å². The number of hydrogen-bond acceptors (Lipinski definition) is 4. The van der Waals surface area contributed by atoms with E-state index in [1.165, 1.54) is 19.3 Å². The lowest BCUT2D eigenvalue weighted by atomic mass is 9.47. The fourth-order valence-electron chi connectivity index (χ4n) is 6.16. The van der Waals surface area contributed by atoms with E-state index >= 15 is 0 Å². The summed E-state index contributed by atoms with van der Waals surface area (Å²) in [5, 5.41) is 4.75. The van der Waals surface area contributed by atoms with Gasteiger partial charge in [0.05, 0.1) is 0 Å². The molecule has 0 saturated heterocycles. The quantitative estimate of drug-likeness (QED) is 0.548. The van der Waals surface area contributed by atoms with Crippen molar-refractivity contribution in [1.82, 2.24) is 15.8 Å². The highest BCUT2D eigenvalue weighted by atomic mass is 16.2. The third-order valence-corrected chi connectivity index (χ3v) is 6.74. The van der Waals surface area contributed by atoms with E-state index in [-0.39, 0.29) is 17.2 Å². The van der Waals surface area contributed by atoms with E-state index in [2.05, 4.69) is 10.7 Å². The van der Waals surface area contributed by atoms with Crippen LogP contribution in [0.5, 0.6) is 0 Å². The average Bonchev–Trinajstić information content (AvgIpc) is 2.58. The summed E-state index contributed by atoms with van der Waals surface area (Å²) in [4.78, 5) is 26.0. The number of carbonyl (C=O) groups is 2. The largest absolute Gasteiger partial charge is 0.399 e. The van der Waals surface area contributed by atoms with E-state index in [0.29, 0.717) is 29.0 Å². The number of amides is 2. The average molecular weight is 370 g/mol. The third kappa shape index (κ3) is 3.55. The van der Waals surface area contributed by atoms with Gasteiger partial charge in [-0.3, -0.25) is 15.0 Å². The van der Waals surface area contributed by atoms with Crippen molar-refractivity contribution in [2.45, 2.75) is 44.6 Å². The minimum Gasteiger partial charge on any atom is -0.399 e. The van der Waals surface area contributed by atoms with Crippen LogP contribution in [0.3, 0.4) is 0 Å². The van der Waals surface area contributed by atoms with Crippen molar-refractivity contribution in [2.24, 2.45) is 23.2 Å². The van der Waals surface area contributed by atoms with Gasteiger partial charge in [-0.05, 0) is 80.5 Å². The summed E-state index contributed by atoms with van der Waals surface area (Å²) in [5.41, 5.74) is 9.67. The molecule has 0 spiro atoms. The molecule has 4 saturated carbocycles. The predicted octanol–water partition coefficient (Wildman–Crippen LogP) is 2.18. The van der Waals surface area contributed by atoms with Gasteiger partial charge < -0.3 is 11.1 Å². The van der Waals surface area contributed by atoms with Gasteiger partial charge in [0.2, 0.25) is 0 Å². The van der Waals surface area contributed by atoms with Gasteiger partial charge in [-0.25, -0.2) is 5.01 Å². The molecule has 1 atom stereocenters. The highest BCUT2D eigenvalue weighted by molar-refractivity contribution is 5.98. The molecular formula is C21H30N4O2. The Labute approximate surface area is 160 Å². The molecule has 4 N–H and O–H groups in total. The molecule has 6 heteroatoms. The maximum absolute atomic E-state index is 13.1. The van der Waals surface area contributed by atoms with E-state index in [0.717, 1.165) is 19.3 Å². The summed E-state index contributed by atoms with van der Waals surface area (Å²) in [6.07, 6.45) is 7.04. The van der Waals surface area contributed by atoms with Crippen molar-refractivity contribution in [3.8, 4) is 0 Å². The SMILES string of the molecule is CN(C)NC(=O)[C@@H](NC(=O)c1ccc(N)cc1)C12CC3CC(CC(C3)C1)C2. The van der Waals surface area contributed by atoms with E-state index in [9.17, 15) is 9.59 Å². The molecule has 1 aromatic rings. The molecule has 27 heavy (non-hydrogen) atoms. The van der Waals surface area contributed by atoms with Crippen molar-refractivity contribution in [3.63, 3.8) is 0 Å². The number of nitrogens with one attached hydrogen (secondary N) is 2. The van der Waals surface area contributed by atoms with Gasteiger partial charge in [0.1, 0.15) is 6.04 Å². The molecule has 4 bridgehead atoms. The number of rotatable bonds is 5. The monoisotopic (exact) mass is 370 g/mol. The number of anilines is 1. The minimum absolute atomic E-state index is 0.106. The lowest BCUT2D eigenvalue weighted by Gasteiger charge is -2.59. The van der Waals surface area contributed by atoms with E-state index in [1.807, 2.05) is 0 Å². The Morgan fingerprint density at radius 1 is 1.04 bits per heavy atom. The first-order chi connectivity index (χ1) is 12.8. The van der Waals surface area contributed by atoms with Crippen molar-refractivity contribution >= 4 is 17.5 Å². The van der Waals surface area contributed by atoms with Crippen LogP contribution in [-0.2, 0) is 4.79 Å². The summed E-state index contributed by atoms with van der Waals surface area (Å²) in [5.74, 6) is 1.81. The normalized spacial score (nSPS) is 32.3. The lowest BCUT2D eigenvalue weighted by Crippen LogP contribution is -2.63. The summed E-state index contributed by atoms with van der Waals surface area (Å²) >= 11 is 0. The number of benzene rings is 1. The molecule has 2 amide bonds. The zero-order valence-corrected chi connectivity index (χ0v) is 16.2. The summed E-state index contributed by atoms with van der Waals surface area (Å²) in [6, 6.07) is 6.36. The fourth-order valence-corrected chi connectivity index (χ4v) is 6.16.